The quantitative estimate of drug-likeness (QED) is 0.474. The summed E-state index contributed by atoms with van der Waals surface area (Å²) in [5.74, 6) is 0. The lowest BCUT2D eigenvalue weighted by atomic mass is 10.8. The van der Waals surface area contributed by atoms with Gasteiger partial charge in [-0.1, -0.05) is 0 Å². The van der Waals surface area contributed by atoms with Gasteiger partial charge in [0.15, 0.2) is 0 Å². The van der Waals surface area contributed by atoms with Crippen LogP contribution in [0.2, 0.25) is 0 Å². The first-order chi connectivity index (χ1) is 4.41. The predicted molar refractivity (Wildman–Crippen MR) is 32.8 cm³/mol. The number of nitrogens with zero attached hydrogens (tertiary/aromatic N) is 1. The summed E-state index contributed by atoms with van der Waals surface area (Å²) in [7, 11) is 0. The zero-order valence-corrected chi connectivity index (χ0v) is 4.99. The number of aliphatic hydroxyl groups excluding tert-OH is 2. The van der Waals surface area contributed by atoms with E-state index in [1.54, 1.807) is 12.4 Å². The van der Waals surface area contributed by atoms with Gasteiger partial charge < -0.3 is 10.2 Å². The highest BCUT2D eigenvalue weighted by Crippen LogP contribution is 1.64. The second-order valence-electron chi connectivity index (χ2n) is 1.21. The number of hydrogen-bond donors (Lipinski definition) is 3. The SMILES string of the molecule is OCCO.c1cn[nH]c1. The van der Waals surface area contributed by atoms with Crippen molar-refractivity contribution >= 4 is 0 Å². The third-order valence-electron chi connectivity index (χ3n) is 0.506. The molecule has 0 aliphatic heterocycles. The Labute approximate surface area is 53.2 Å². The van der Waals surface area contributed by atoms with Gasteiger partial charge >= 0.3 is 0 Å². The Morgan fingerprint density at radius 3 is 2.11 bits per heavy atom. The van der Waals surface area contributed by atoms with Gasteiger partial charge in [-0.15, -0.1) is 0 Å². The molecule has 3 N–H and O–H groups in total. The number of nitrogens with one attached hydrogen (secondary N) is 1. The fourth-order valence-electron chi connectivity index (χ4n) is 0.215. The minimum atomic E-state index is -0.125. The Morgan fingerprint density at radius 2 is 2.00 bits per heavy atom. The van der Waals surface area contributed by atoms with E-state index in [9.17, 15) is 0 Å². The molecular formula is C5H10N2O2. The van der Waals surface area contributed by atoms with E-state index in [-0.39, 0.29) is 13.2 Å². The van der Waals surface area contributed by atoms with Gasteiger partial charge in [-0.05, 0) is 6.07 Å². The van der Waals surface area contributed by atoms with Crippen LogP contribution < -0.4 is 0 Å². The molecule has 0 saturated heterocycles. The highest BCUT2D eigenvalue weighted by Gasteiger charge is 1.58. The van der Waals surface area contributed by atoms with Gasteiger partial charge in [-0.3, -0.25) is 5.10 Å². The molecule has 0 atom stereocenters. The average Bonchev–Trinajstić information content (AvgIpc) is 2.43. The second-order valence-corrected chi connectivity index (χ2v) is 1.21. The van der Waals surface area contributed by atoms with E-state index < -0.39 is 0 Å². The number of aliphatic hydroxyl groups is 2. The zero-order chi connectivity index (χ0) is 6.95. The van der Waals surface area contributed by atoms with Gasteiger partial charge in [0.05, 0.1) is 13.2 Å². The maximum Gasteiger partial charge on any atom is 0.0662 e. The van der Waals surface area contributed by atoms with Gasteiger partial charge in [0.25, 0.3) is 0 Å². The van der Waals surface area contributed by atoms with Crippen LogP contribution in [0.4, 0.5) is 0 Å². The summed E-state index contributed by atoms with van der Waals surface area (Å²) in [4.78, 5) is 0. The van der Waals surface area contributed by atoms with Crippen LogP contribution in [0.5, 0.6) is 0 Å². The van der Waals surface area contributed by atoms with Crippen molar-refractivity contribution < 1.29 is 10.2 Å². The zero-order valence-electron chi connectivity index (χ0n) is 4.99. The summed E-state index contributed by atoms with van der Waals surface area (Å²) in [6.45, 7) is -0.250. The molecule has 0 saturated carbocycles. The molecule has 0 radical (unpaired) electrons. The van der Waals surface area contributed by atoms with Gasteiger partial charge in [0.1, 0.15) is 0 Å². The summed E-state index contributed by atoms with van der Waals surface area (Å²) >= 11 is 0. The molecule has 4 heteroatoms. The first-order valence-electron chi connectivity index (χ1n) is 2.57. The van der Waals surface area contributed by atoms with Crippen LogP contribution in [0.3, 0.4) is 0 Å². The molecular weight excluding hydrogens is 120 g/mol. The summed E-state index contributed by atoms with van der Waals surface area (Å²) in [6.07, 6.45) is 3.46. The monoisotopic (exact) mass is 130 g/mol. The van der Waals surface area contributed by atoms with Crippen molar-refractivity contribution in [3.63, 3.8) is 0 Å². The molecule has 0 spiro atoms. The number of hydrogen-bond acceptors (Lipinski definition) is 3. The fourth-order valence-corrected chi connectivity index (χ4v) is 0.215. The smallest absolute Gasteiger partial charge is 0.0662 e. The molecule has 9 heavy (non-hydrogen) atoms. The van der Waals surface area contributed by atoms with E-state index >= 15 is 0 Å². The van der Waals surface area contributed by atoms with E-state index in [0.717, 1.165) is 0 Å². The second kappa shape index (κ2) is 7.13. The normalized spacial score (nSPS) is 7.78. The number of rotatable bonds is 1. The maximum atomic E-state index is 7.62. The van der Waals surface area contributed by atoms with E-state index in [0.29, 0.717) is 0 Å². The van der Waals surface area contributed by atoms with Gasteiger partial charge in [0.2, 0.25) is 0 Å². The maximum absolute atomic E-state index is 7.62. The first-order valence-corrected chi connectivity index (χ1v) is 2.57. The van der Waals surface area contributed by atoms with Crippen LogP contribution in [-0.2, 0) is 0 Å². The van der Waals surface area contributed by atoms with Gasteiger partial charge in [-0.2, -0.15) is 5.10 Å². The molecule has 1 aromatic heterocycles. The topological polar surface area (TPSA) is 69.1 Å². The highest BCUT2D eigenvalue weighted by atomic mass is 16.3. The molecule has 1 heterocycles. The molecule has 0 bridgehead atoms. The van der Waals surface area contributed by atoms with Crippen molar-refractivity contribution in [2.24, 2.45) is 0 Å². The Morgan fingerprint density at radius 1 is 1.33 bits per heavy atom. The van der Waals surface area contributed by atoms with Crippen molar-refractivity contribution in [1.29, 1.82) is 0 Å². The van der Waals surface area contributed by atoms with Crippen molar-refractivity contribution in [1.82, 2.24) is 10.2 Å². The van der Waals surface area contributed by atoms with Crippen molar-refractivity contribution in [3.05, 3.63) is 18.5 Å². The van der Waals surface area contributed by atoms with E-state index in [1.165, 1.54) is 0 Å². The lowest BCUT2D eigenvalue weighted by Gasteiger charge is -1.70. The lowest BCUT2D eigenvalue weighted by Crippen LogP contribution is -1.85. The fraction of sp³-hybridized carbons (Fsp3) is 0.400. The van der Waals surface area contributed by atoms with Gasteiger partial charge in [-0.25, -0.2) is 0 Å². The molecule has 0 aliphatic rings. The number of aromatic nitrogens is 2. The minimum absolute atomic E-state index is 0.125. The van der Waals surface area contributed by atoms with Crippen LogP contribution in [0.15, 0.2) is 18.5 Å². The van der Waals surface area contributed by atoms with Crippen LogP contribution in [0.25, 0.3) is 0 Å². The summed E-state index contributed by atoms with van der Waals surface area (Å²) in [6, 6.07) is 1.83. The minimum Gasteiger partial charge on any atom is -0.394 e. The third-order valence-corrected chi connectivity index (χ3v) is 0.506. The molecule has 0 fully saturated rings. The molecule has 52 valence electrons. The lowest BCUT2D eigenvalue weighted by molar-refractivity contribution is 0.186. The van der Waals surface area contributed by atoms with Crippen LogP contribution >= 0.6 is 0 Å². The Kier molecular flexibility index (Phi) is 6.44. The Bertz CT molecular complexity index is 88.5. The number of H-pyrrole nitrogens is 1. The number of aromatic amines is 1. The van der Waals surface area contributed by atoms with E-state index in [2.05, 4.69) is 10.2 Å². The average molecular weight is 130 g/mol. The van der Waals surface area contributed by atoms with Crippen LogP contribution in [0, 0.1) is 0 Å². The summed E-state index contributed by atoms with van der Waals surface area (Å²) in [5.41, 5.74) is 0. The molecule has 4 nitrogen and oxygen atoms in total. The summed E-state index contributed by atoms with van der Waals surface area (Å²) in [5, 5.41) is 21.5. The Balaban J connectivity index is 0.000000148. The summed E-state index contributed by atoms with van der Waals surface area (Å²) < 4.78 is 0. The molecule has 0 unspecified atom stereocenters. The predicted octanol–water partition coefficient (Wildman–Crippen LogP) is -0.619. The van der Waals surface area contributed by atoms with Crippen molar-refractivity contribution in [3.8, 4) is 0 Å². The van der Waals surface area contributed by atoms with E-state index in [4.69, 9.17) is 10.2 Å². The third kappa shape index (κ3) is 7.13. The van der Waals surface area contributed by atoms with Crippen molar-refractivity contribution in [2.45, 2.75) is 0 Å². The van der Waals surface area contributed by atoms with E-state index in [1.807, 2.05) is 6.07 Å². The Hall–Kier alpha value is -0.870. The van der Waals surface area contributed by atoms with Gasteiger partial charge in [0, 0.05) is 12.4 Å². The largest absolute Gasteiger partial charge is 0.394 e. The standard InChI is InChI=1S/C3H4N2.C2H6O2/c1-2-4-5-3-1;3-1-2-4/h1-3H,(H,4,5);3-4H,1-2H2. The molecule has 0 aromatic carbocycles. The highest BCUT2D eigenvalue weighted by molar-refractivity contribution is 4.72. The molecule has 1 aromatic rings. The molecule has 0 amide bonds. The van der Waals surface area contributed by atoms with Crippen molar-refractivity contribution in [2.75, 3.05) is 13.2 Å². The molecule has 1 rings (SSSR count). The van der Waals surface area contributed by atoms with Crippen LogP contribution in [-0.4, -0.2) is 33.6 Å². The van der Waals surface area contributed by atoms with Crippen LogP contribution in [0.1, 0.15) is 0 Å². The molecule has 0 aliphatic carbocycles. The first kappa shape index (κ1) is 8.13.